The molecule has 0 fully saturated rings. The first kappa shape index (κ1) is 18.7. The molecule has 0 spiro atoms. The van der Waals surface area contributed by atoms with Gasteiger partial charge in [0.2, 0.25) is 0 Å². The van der Waals surface area contributed by atoms with E-state index in [2.05, 4.69) is 58.7 Å². The summed E-state index contributed by atoms with van der Waals surface area (Å²) in [4.78, 5) is 0. The zero-order chi connectivity index (χ0) is 15.3. The van der Waals surface area contributed by atoms with Crippen LogP contribution < -0.4 is 0 Å². The minimum absolute atomic E-state index is 0.0152. The summed E-state index contributed by atoms with van der Waals surface area (Å²) in [7, 11) is -3.21. The van der Waals surface area contributed by atoms with E-state index in [9.17, 15) is 0 Å². The molecule has 0 saturated carbocycles. The second-order valence-electron chi connectivity index (χ2n) is 6.97. The highest BCUT2D eigenvalue weighted by molar-refractivity contribution is 6.70. The van der Waals surface area contributed by atoms with Crippen LogP contribution in [0.15, 0.2) is 12.7 Å². The maximum atomic E-state index is 6.22. The first-order valence-corrected chi connectivity index (χ1v) is 13.7. The van der Waals surface area contributed by atoms with Gasteiger partial charge in [-0.3, -0.25) is 0 Å². The summed E-state index contributed by atoms with van der Waals surface area (Å²) in [5.74, 6) is 2.96. The van der Waals surface area contributed by atoms with Crippen molar-refractivity contribution in [3.05, 3.63) is 12.7 Å². The summed E-state index contributed by atoms with van der Waals surface area (Å²) < 4.78 is 12.4. The summed E-state index contributed by atoms with van der Waals surface area (Å²) in [6.45, 7) is 19.2. The normalized spacial score (nSPS) is 17.4. The van der Waals surface area contributed by atoms with Crippen LogP contribution in [0.1, 0.15) is 13.3 Å². The molecule has 0 unspecified atom stereocenters. The third kappa shape index (κ3) is 8.43. The molecule has 0 aliphatic carbocycles. The lowest BCUT2D eigenvalue weighted by atomic mass is 9.96. The topological polar surface area (TPSA) is 18.5 Å². The molecular weight excluding hydrogens is 268 g/mol. The van der Waals surface area contributed by atoms with Gasteiger partial charge in [0.25, 0.3) is 0 Å². The second-order valence-corrected chi connectivity index (χ2v) is 15.9. The highest BCUT2D eigenvalue weighted by Crippen LogP contribution is 2.24. The molecule has 4 heteroatoms. The Morgan fingerprint density at radius 1 is 1.11 bits per heavy atom. The maximum Gasteiger partial charge on any atom is 0.184 e. The monoisotopic (exact) mass is 298 g/mol. The first-order valence-electron chi connectivity index (χ1n) is 6.92. The Morgan fingerprint density at radius 3 is 1.89 bits per heavy atom. The van der Waals surface area contributed by atoms with Crippen LogP contribution in [0.4, 0.5) is 0 Å². The molecule has 0 aromatic rings. The van der Waals surface area contributed by atoms with Gasteiger partial charge in [0, 0.05) is 12.3 Å². The van der Waals surface area contributed by atoms with Gasteiger partial charge in [0.05, 0.1) is 12.2 Å². The van der Waals surface area contributed by atoms with Gasteiger partial charge >= 0.3 is 0 Å². The molecule has 0 aliphatic rings. The smallest absolute Gasteiger partial charge is 0.184 e. The van der Waals surface area contributed by atoms with Crippen molar-refractivity contribution in [2.45, 2.75) is 64.8 Å². The number of hydrogen-bond donors (Lipinski definition) is 0. The number of hydrogen-bond acceptors (Lipinski definition) is 2. The van der Waals surface area contributed by atoms with Crippen LogP contribution in [0.25, 0.3) is 0 Å². The molecule has 0 bridgehead atoms. The summed E-state index contributed by atoms with van der Waals surface area (Å²) >= 11 is 0. The van der Waals surface area contributed by atoms with E-state index in [0.717, 1.165) is 0 Å². The van der Waals surface area contributed by atoms with Crippen molar-refractivity contribution in [3.8, 4) is 12.3 Å². The van der Waals surface area contributed by atoms with Crippen molar-refractivity contribution >= 4 is 16.6 Å². The highest BCUT2D eigenvalue weighted by Gasteiger charge is 2.31. The maximum absolute atomic E-state index is 6.22. The van der Waals surface area contributed by atoms with Crippen molar-refractivity contribution in [2.75, 3.05) is 0 Å². The van der Waals surface area contributed by atoms with Crippen LogP contribution in [0.5, 0.6) is 0 Å². The van der Waals surface area contributed by atoms with Crippen LogP contribution in [-0.2, 0) is 8.85 Å². The van der Waals surface area contributed by atoms with Crippen LogP contribution in [0.2, 0.25) is 39.3 Å². The van der Waals surface area contributed by atoms with Gasteiger partial charge in [0.1, 0.15) is 0 Å². The second kappa shape index (κ2) is 7.44. The molecule has 3 atom stereocenters. The molecule has 110 valence electrons. The molecule has 0 heterocycles. The average Bonchev–Trinajstić information content (AvgIpc) is 2.21. The zero-order valence-electron chi connectivity index (χ0n) is 13.6. The first-order chi connectivity index (χ1) is 8.50. The highest BCUT2D eigenvalue weighted by atomic mass is 28.4. The van der Waals surface area contributed by atoms with E-state index in [1.165, 1.54) is 0 Å². The minimum Gasteiger partial charge on any atom is -0.413 e. The molecule has 0 aromatic carbocycles. The minimum atomic E-state index is -1.61. The fraction of sp³-hybridized carbons (Fsp3) is 0.733. The molecule has 19 heavy (non-hydrogen) atoms. The Morgan fingerprint density at radius 2 is 1.58 bits per heavy atom. The molecule has 0 N–H and O–H groups in total. The average molecular weight is 299 g/mol. The predicted octanol–water partition coefficient (Wildman–Crippen LogP) is 4.27. The summed E-state index contributed by atoms with van der Waals surface area (Å²) in [6, 6.07) is 0. The Balaban J connectivity index is 4.90. The van der Waals surface area contributed by atoms with Gasteiger partial charge in [-0.25, -0.2) is 0 Å². The van der Waals surface area contributed by atoms with Gasteiger partial charge in [-0.05, 0) is 39.3 Å². The predicted molar refractivity (Wildman–Crippen MR) is 89.2 cm³/mol. The van der Waals surface area contributed by atoms with Crippen LogP contribution >= 0.6 is 0 Å². The molecular formula is C15H30O2Si2. The lowest BCUT2D eigenvalue weighted by Gasteiger charge is -2.35. The SMILES string of the molecule is C#CC[C@H](O[Si](C)(C)C)[C@@H](C)[C@@H](C=C)O[Si](C)(C)C. The standard InChI is InChI=1S/C15H30O2Si2/c1-10-12-15(17-19(7,8)9)13(3)14(11-2)16-18(4,5)6/h1,11,13-15H,2,12H2,3-9H3/t13-,14+,15-/m0/s1. The molecule has 2 nitrogen and oxygen atoms in total. The summed E-state index contributed by atoms with van der Waals surface area (Å²) in [6.07, 6.45) is 8.07. The Kier molecular flexibility index (Phi) is 7.30. The largest absolute Gasteiger partial charge is 0.413 e. The van der Waals surface area contributed by atoms with Gasteiger partial charge in [-0.2, -0.15) is 0 Å². The van der Waals surface area contributed by atoms with E-state index < -0.39 is 16.6 Å². The molecule has 0 rings (SSSR count). The Bertz CT molecular complexity index is 321. The van der Waals surface area contributed by atoms with Crippen LogP contribution in [0.3, 0.4) is 0 Å². The fourth-order valence-corrected chi connectivity index (χ4v) is 4.23. The molecule has 0 aromatic heterocycles. The number of terminal acetylenes is 1. The quantitative estimate of drug-likeness (QED) is 0.378. The van der Waals surface area contributed by atoms with E-state index in [0.29, 0.717) is 6.42 Å². The molecule has 0 amide bonds. The van der Waals surface area contributed by atoms with Crippen LogP contribution in [0, 0.1) is 18.3 Å². The van der Waals surface area contributed by atoms with Crippen molar-refractivity contribution in [1.82, 2.24) is 0 Å². The van der Waals surface area contributed by atoms with E-state index in [1.54, 1.807) is 0 Å². The van der Waals surface area contributed by atoms with Gasteiger partial charge in [0.15, 0.2) is 16.6 Å². The van der Waals surface area contributed by atoms with E-state index >= 15 is 0 Å². The third-order valence-corrected chi connectivity index (χ3v) is 4.64. The van der Waals surface area contributed by atoms with E-state index in [-0.39, 0.29) is 18.1 Å². The third-order valence-electron chi connectivity index (χ3n) is 2.65. The molecule has 0 saturated heterocycles. The van der Waals surface area contributed by atoms with Crippen molar-refractivity contribution < 1.29 is 8.85 Å². The lowest BCUT2D eigenvalue weighted by Crippen LogP contribution is -2.42. The Hall–Kier alpha value is -0.346. The van der Waals surface area contributed by atoms with E-state index in [1.807, 2.05) is 6.08 Å². The Labute approximate surface area is 121 Å². The van der Waals surface area contributed by atoms with Gasteiger partial charge in [-0.1, -0.05) is 13.0 Å². The van der Waals surface area contributed by atoms with E-state index in [4.69, 9.17) is 15.3 Å². The van der Waals surface area contributed by atoms with Crippen molar-refractivity contribution in [1.29, 1.82) is 0 Å². The van der Waals surface area contributed by atoms with Crippen molar-refractivity contribution in [3.63, 3.8) is 0 Å². The van der Waals surface area contributed by atoms with Gasteiger partial charge < -0.3 is 8.85 Å². The number of rotatable bonds is 8. The van der Waals surface area contributed by atoms with Gasteiger partial charge in [-0.15, -0.1) is 18.9 Å². The zero-order valence-corrected chi connectivity index (χ0v) is 15.6. The summed E-state index contributed by atoms with van der Waals surface area (Å²) in [5.41, 5.74) is 0. The summed E-state index contributed by atoms with van der Waals surface area (Å²) in [5, 5.41) is 0. The fourth-order valence-electron chi connectivity index (χ4n) is 1.90. The van der Waals surface area contributed by atoms with Crippen molar-refractivity contribution in [2.24, 2.45) is 5.92 Å². The molecule has 0 aliphatic heterocycles. The van der Waals surface area contributed by atoms with Crippen LogP contribution in [-0.4, -0.2) is 28.8 Å². The lowest BCUT2D eigenvalue weighted by molar-refractivity contribution is 0.0684. The molecule has 0 radical (unpaired) electrons.